The Hall–Kier alpha value is -2.14. The van der Waals surface area contributed by atoms with Crippen LogP contribution in [0.4, 0.5) is 5.69 Å². The summed E-state index contributed by atoms with van der Waals surface area (Å²) in [5.74, 6) is 0.353. The van der Waals surface area contributed by atoms with Crippen molar-refractivity contribution in [2.75, 3.05) is 18.0 Å². The first-order valence-electron chi connectivity index (χ1n) is 9.81. The maximum Gasteiger partial charge on any atom is 0.228 e. The highest BCUT2D eigenvalue weighted by atomic mass is 32.1. The number of nitrogens with zero attached hydrogens (tertiary/aromatic N) is 2. The summed E-state index contributed by atoms with van der Waals surface area (Å²) < 4.78 is 0. The van der Waals surface area contributed by atoms with Crippen LogP contribution in [0.15, 0.2) is 35.7 Å². The van der Waals surface area contributed by atoms with E-state index in [1.54, 1.807) is 11.3 Å². The fraction of sp³-hybridized carbons (Fsp3) is 0.455. The Morgan fingerprint density at radius 3 is 2.93 bits per heavy atom. The molecule has 0 aliphatic carbocycles. The Morgan fingerprint density at radius 1 is 1.30 bits per heavy atom. The lowest BCUT2D eigenvalue weighted by Crippen LogP contribution is -2.40. The number of carbonyl (C=O) groups excluding carboxylic acids is 2. The van der Waals surface area contributed by atoms with E-state index in [2.05, 4.69) is 31.4 Å². The Balaban J connectivity index is 1.51. The van der Waals surface area contributed by atoms with E-state index < -0.39 is 0 Å². The molecule has 0 saturated carbocycles. The van der Waals surface area contributed by atoms with Crippen molar-refractivity contribution in [3.8, 4) is 0 Å². The third kappa shape index (κ3) is 3.41. The molecule has 2 aliphatic heterocycles. The summed E-state index contributed by atoms with van der Waals surface area (Å²) in [6, 6.07) is 10.3. The van der Waals surface area contributed by atoms with Gasteiger partial charge in [-0.05, 0) is 47.4 Å². The molecule has 2 aliphatic rings. The van der Waals surface area contributed by atoms with Crippen LogP contribution in [0.2, 0.25) is 0 Å². The summed E-state index contributed by atoms with van der Waals surface area (Å²) in [6.07, 6.45) is 2.28. The third-order valence-corrected chi connectivity index (χ3v) is 6.99. The van der Waals surface area contributed by atoms with Crippen LogP contribution in [-0.4, -0.2) is 29.8 Å². The number of amides is 2. The summed E-state index contributed by atoms with van der Waals surface area (Å²) >= 11 is 1.78. The van der Waals surface area contributed by atoms with Gasteiger partial charge in [0.2, 0.25) is 11.8 Å². The van der Waals surface area contributed by atoms with Crippen LogP contribution in [0.5, 0.6) is 0 Å². The van der Waals surface area contributed by atoms with E-state index in [0.29, 0.717) is 25.4 Å². The van der Waals surface area contributed by atoms with E-state index in [4.69, 9.17) is 0 Å². The van der Waals surface area contributed by atoms with Crippen LogP contribution in [0.25, 0.3) is 0 Å². The zero-order chi connectivity index (χ0) is 19.0. The average Bonchev–Trinajstić information content (AvgIpc) is 3.32. The lowest BCUT2D eigenvalue weighted by molar-refractivity contribution is -0.136. The van der Waals surface area contributed by atoms with E-state index in [0.717, 1.165) is 25.1 Å². The van der Waals surface area contributed by atoms with Crippen molar-refractivity contribution in [3.63, 3.8) is 0 Å². The molecule has 0 radical (unpaired) electrons. The first-order chi connectivity index (χ1) is 13.1. The topological polar surface area (TPSA) is 40.6 Å². The van der Waals surface area contributed by atoms with Gasteiger partial charge in [-0.15, -0.1) is 11.3 Å². The molecule has 2 aromatic rings. The predicted octanol–water partition coefficient (Wildman–Crippen LogP) is 4.20. The second kappa shape index (κ2) is 7.47. The Morgan fingerprint density at radius 2 is 2.11 bits per heavy atom. The van der Waals surface area contributed by atoms with Crippen molar-refractivity contribution in [1.82, 2.24) is 4.90 Å². The highest BCUT2D eigenvalue weighted by molar-refractivity contribution is 7.10. The molecule has 1 fully saturated rings. The van der Waals surface area contributed by atoms with Crippen molar-refractivity contribution in [2.24, 2.45) is 5.92 Å². The molecule has 0 N–H and O–H groups in total. The molecular weight excluding hydrogens is 356 g/mol. The smallest absolute Gasteiger partial charge is 0.228 e. The van der Waals surface area contributed by atoms with Crippen LogP contribution >= 0.6 is 11.3 Å². The maximum absolute atomic E-state index is 13.1. The fourth-order valence-corrected chi connectivity index (χ4v) is 5.06. The normalized spacial score (nSPS) is 20.7. The molecule has 1 aromatic heterocycles. The lowest BCUT2D eigenvalue weighted by Gasteiger charge is -2.29. The molecule has 2 unspecified atom stereocenters. The third-order valence-electron chi connectivity index (χ3n) is 5.96. The van der Waals surface area contributed by atoms with Crippen molar-refractivity contribution in [3.05, 3.63) is 51.7 Å². The van der Waals surface area contributed by atoms with E-state index in [9.17, 15) is 9.59 Å². The molecule has 142 valence electrons. The number of thiophene rings is 1. The van der Waals surface area contributed by atoms with Gasteiger partial charge in [0.1, 0.15) is 0 Å². The molecule has 5 heteroatoms. The van der Waals surface area contributed by atoms with Gasteiger partial charge in [-0.25, -0.2) is 0 Å². The van der Waals surface area contributed by atoms with E-state index in [1.165, 1.54) is 16.0 Å². The van der Waals surface area contributed by atoms with E-state index >= 15 is 0 Å². The Bertz CT molecular complexity index is 860. The predicted molar refractivity (Wildman–Crippen MR) is 109 cm³/mol. The summed E-state index contributed by atoms with van der Waals surface area (Å²) in [5, 5.41) is 2.10. The minimum Gasteiger partial charge on any atom is -0.338 e. The number of fused-ring (bicyclic) bond motifs is 1. The molecule has 0 spiro atoms. The van der Waals surface area contributed by atoms with Crippen LogP contribution in [0.3, 0.4) is 0 Å². The zero-order valence-corrected chi connectivity index (χ0v) is 16.8. The molecule has 2 atom stereocenters. The second-order valence-corrected chi connectivity index (χ2v) is 8.65. The minimum absolute atomic E-state index is 0.0670. The number of rotatable bonds is 4. The van der Waals surface area contributed by atoms with Gasteiger partial charge in [0.25, 0.3) is 0 Å². The van der Waals surface area contributed by atoms with Crippen molar-refractivity contribution in [2.45, 2.75) is 45.6 Å². The SMILES string of the molecule is CCC(C)c1ccccc1N1CC(C(=O)N2CCc3sccc3C2)CC1=O. The van der Waals surface area contributed by atoms with Crippen LogP contribution in [-0.2, 0) is 22.6 Å². The number of hydrogen-bond acceptors (Lipinski definition) is 3. The molecule has 0 bridgehead atoms. The Kier molecular flexibility index (Phi) is 5.04. The van der Waals surface area contributed by atoms with Gasteiger partial charge in [-0.1, -0.05) is 32.0 Å². The van der Waals surface area contributed by atoms with Crippen molar-refractivity contribution >= 4 is 28.8 Å². The Labute approximate surface area is 164 Å². The summed E-state index contributed by atoms with van der Waals surface area (Å²) in [7, 11) is 0. The van der Waals surface area contributed by atoms with Gasteiger partial charge in [0.15, 0.2) is 0 Å². The van der Waals surface area contributed by atoms with Gasteiger partial charge in [-0.3, -0.25) is 9.59 Å². The van der Waals surface area contributed by atoms with E-state index in [1.807, 2.05) is 28.0 Å². The highest BCUT2D eigenvalue weighted by Gasteiger charge is 2.38. The number of para-hydroxylation sites is 1. The number of carbonyl (C=O) groups is 2. The molecule has 3 heterocycles. The molecular formula is C22H26N2O2S. The van der Waals surface area contributed by atoms with Gasteiger partial charge < -0.3 is 9.80 Å². The monoisotopic (exact) mass is 382 g/mol. The number of anilines is 1. The van der Waals surface area contributed by atoms with Crippen LogP contribution in [0.1, 0.15) is 48.6 Å². The largest absolute Gasteiger partial charge is 0.338 e. The van der Waals surface area contributed by atoms with Gasteiger partial charge >= 0.3 is 0 Å². The zero-order valence-electron chi connectivity index (χ0n) is 16.0. The number of benzene rings is 1. The average molecular weight is 383 g/mol. The van der Waals surface area contributed by atoms with E-state index in [-0.39, 0.29) is 17.7 Å². The van der Waals surface area contributed by atoms with Crippen LogP contribution < -0.4 is 4.90 Å². The van der Waals surface area contributed by atoms with Gasteiger partial charge in [0, 0.05) is 36.6 Å². The molecule has 2 amide bonds. The van der Waals surface area contributed by atoms with Crippen LogP contribution in [0, 0.1) is 5.92 Å². The van der Waals surface area contributed by atoms with Gasteiger partial charge in [-0.2, -0.15) is 0 Å². The molecule has 1 aromatic carbocycles. The summed E-state index contributed by atoms with van der Waals surface area (Å²) in [6.45, 7) is 6.30. The highest BCUT2D eigenvalue weighted by Crippen LogP contribution is 2.34. The minimum atomic E-state index is -0.234. The molecule has 4 nitrogen and oxygen atoms in total. The second-order valence-electron chi connectivity index (χ2n) is 7.65. The number of hydrogen-bond donors (Lipinski definition) is 0. The van der Waals surface area contributed by atoms with Crippen molar-refractivity contribution < 1.29 is 9.59 Å². The summed E-state index contributed by atoms with van der Waals surface area (Å²) in [5.41, 5.74) is 3.44. The summed E-state index contributed by atoms with van der Waals surface area (Å²) in [4.78, 5) is 31.0. The molecule has 27 heavy (non-hydrogen) atoms. The maximum atomic E-state index is 13.1. The fourth-order valence-electron chi connectivity index (χ4n) is 4.17. The lowest BCUT2D eigenvalue weighted by atomic mass is 9.96. The standard InChI is InChI=1S/C22H26N2O2S/c1-3-15(2)18-6-4-5-7-19(18)24-14-17(12-21(24)25)22(26)23-10-8-20-16(13-23)9-11-27-20/h4-7,9,11,15,17H,3,8,10,12-14H2,1-2H3. The first-order valence-corrected chi connectivity index (χ1v) is 10.7. The first kappa shape index (κ1) is 18.2. The molecule has 4 rings (SSSR count). The molecule has 1 saturated heterocycles. The van der Waals surface area contributed by atoms with Gasteiger partial charge in [0.05, 0.1) is 5.92 Å². The van der Waals surface area contributed by atoms with Crippen molar-refractivity contribution in [1.29, 1.82) is 0 Å². The quantitative estimate of drug-likeness (QED) is 0.795.